The average Bonchev–Trinajstić information content (AvgIpc) is 2.80. The molecule has 1 aromatic rings. The van der Waals surface area contributed by atoms with Crippen LogP contribution in [0.4, 0.5) is 19.0 Å². The van der Waals surface area contributed by atoms with Crippen molar-refractivity contribution in [3.63, 3.8) is 0 Å². The molecule has 0 atom stereocenters. The van der Waals surface area contributed by atoms with Crippen molar-refractivity contribution in [2.45, 2.75) is 38.3 Å². The van der Waals surface area contributed by atoms with Crippen molar-refractivity contribution >= 4 is 17.4 Å². The molecule has 1 fully saturated rings. The van der Waals surface area contributed by atoms with Gasteiger partial charge >= 0.3 is 6.18 Å². The lowest BCUT2D eigenvalue weighted by atomic mass is 10.0. The molecule has 1 aliphatic rings. The summed E-state index contributed by atoms with van der Waals surface area (Å²) in [7, 11) is 0. The highest BCUT2D eigenvalue weighted by atomic mass is 35.5. The van der Waals surface area contributed by atoms with Crippen LogP contribution in [-0.2, 0) is 6.18 Å². The van der Waals surface area contributed by atoms with Crippen LogP contribution < -0.4 is 5.32 Å². The Hall–Kier alpha value is -1.04. The van der Waals surface area contributed by atoms with E-state index in [1.54, 1.807) is 0 Å². The van der Waals surface area contributed by atoms with E-state index in [1.807, 2.05) is 0 Å². The van der Waals surface area contributed by atoms with Gasteiger partial charge in [0, 0.05) is 12.6 Å². The number of nitrogens with zero attached hydrogens (tertiary/aromatic N) is 2. The Kier molecular flexibility index (Phi) is 4.50. The third-order valence-electron chi connectivity index (χ3n) is 3.32. The number of rotatable bonds is 4. The second-order valence-corrected chi connectivity index (χ2v) is 5.11. The first-order valence-corrected chi connectivity index (χ1v) is 6.68. The van der Waals surface area contributed by atoms with E-state index in [9.17, 15) is 13.2 Å². The van der Waals surface area contributed by atoms with E-state index in [1.165, 1.54) is 25.7 Å². The second kappa shape index (κ2) is 5.94. The number of aromatic nitrogens is 2. The molecule has 2 rings (SSSR count). The molecule has 106 valence electrons. The van der Waals surface area contributed by atoms with Gasteiger partial charge in [0.05, 0.1) is 0 Å². The molecule has 3 nitrogen and oxygen atoms in total. The molecule has 1 aliphatic carbocycles. The standard InChI is InChI=1S/C12H15ClF3N3/c13-11-18-9(12(14,15)16)7-10(19-11)17-6-5-8-3-1-2-4-8/h7-8H,1-6H2,(H,17,18,19). The molecule has 0 amide bonds. The molecule has 0 spiro atoms. The summed E-state index contributed by atoms with van der Waals surface area (Å²) in [6.07, 6.45) is 1.36. The Morgan fingerprint density at radius 1 is 1.26 bits per heavy atom. The lowest BCUT2D eigenvalue weighted by molar-refractivity contribution is -0.141. The first-order valence-electron chi connectivity index (χ1n) is 6.31. The molecule has 0 bridgehead atoms. The second-order valence-electron chi connectivity index (χ2n) is 4.77. The van der Waals surface area contributed by atoms with Crippen molar-refractivity contribution in [3.8, 4) is 0 Å². The van der Waals surface area contributed by atoms with Crippen LogP contribution in [-0.4, -0.2) is 16.5 Å². The fourth-order valence-electron chi connectivity index (χ4n) is 2.36. The summed E-state index contributed by atoms with van der Waals surface area (Å²) in [4.78, 5) is 6.93. The van der Waals surface area contributed by atoms with Gasteiger partial charge in [-0.1, -0.05) is 25.7 Å². The molecule has 1 heterocycles. The molecule has 0 aliphatic heterocycles. The van der Waals surface area contributed by atoms with Crippen LogP contribution in [0.5, 0.6) is 0 Å². The maximum Gasteiger partial charge on any atom is 0.433 e. The highest BCUT2D eigenvalue weighted by Crippen LogP contribution is 2.30. The minimum Gasteiger partial charge on any atom is -0.370 e. The SMILES string of the molecule is FC(F)(F)c1cc(NCCC2CCCC2)nc(Cl)n1. The van der Waals surface area contributed by atoms with Crippen LogP contribution in [0.2, 0.25) is 5.28 Å². The molecule has 1 saturated carbocycles. The molecule has 0 radical (unpaired) electrons. The van der Waals surface area contributed by atoms with Crippen LogP contribution in [0.3, 0.4) is 0 Å². The predicted octanol–water partition coefficient (Wildman–Crippen LogP) is 4.14. The quantitative estimate of drug-likeness (QED) is 0.848. The highest BCUT2D eigenvalue weighted by Gasteiger charge is 2.33. The van der Waals surface area contributed by atoms with Crippen molar-refractivity contribution in [2.75, 3.05) is 11.9 Å². The fraction of sp³-hybridized carbons (Fsp3) is 0.667. The Balaban J connectivity index is 1.94. The third kappa shape index (κ3) is 4.23. The van der Waals surface area contributed by atoms with Gasteiger partial charge in [-0.2, -0.15) is 13.2 Å². The lowest BCUT2D eigenvalue weighted by Crippen LogP contribution is -2.12. The number of anilines is 1. The van der Waals surface area contributed by atoms with E-state index in [4.69, 9.17) is 11.6 Å². The van der Waals surface area contributed by atoms with E-state index in [-0.39, 0.29) is 5.82 Å². The minimum absolute atomic E-state index is 0.130. The third-order valence-corrected chi connectivity index (χ3v) is 3.49. The van der Waals surface area contributed by atoms with Gasteiger partial charge in [0.25, 0.3) is 0 Å². The Morgan fingerprint density at radius 2 is 1.95 bits per heavy atom. The number of hydrogen-bond donors (Lipinski definition) is 1. The van der Waals surface area contributed by atoms with Crippen LogP contribution in [0.25, 0.3) is 0 Å². The highest BCUT2D eigenvalue weighted by molar-refractivity contribution is 6.28. The topological polar surface area (TPSA) is 37.8 Å². The molecular weight excluding hydrogens is 279 g/mol. The van der Waals surface area contributed by atoms with Crippen LogP contribution in [0.15, 0.2) is 6.07 Å². The van der Waals surface area contributed by atoms with E-state index in [0.717, 1.165) is 12.5 Å². The molecular formula is C12H15ClF3N3. The largest absolute Gasteiger partial charge is 0.433 e. The van der Waals surface area contributed by atoms with Gasteiger partial charge in [0.1, 0.15) is 5.82 Å². The summed E-state index contributed by atoms with van der Waals surface area (Å²) in [6, 6.07) is 0.889. The van der Waals surface area contributed by atoms with Crippen molar-refractivity contribution in [3.05, 3.63) is 17.0 Å². The minimum atomic E-state index is -4.51. The van der Waals surface area contributed by atoms with Gasteiger partial charge in [-0.25, -0.2) is 9.97 Å². The van der Waals surface area contributed by atoms with Gasteiger partial charge in [0.15, 0.2) is 5.69 Å². The number of halogens is 4. The van der Waals surface area contributed by atoms with E-state index in [2.05, 4.69) is 15.3 Å². The summed E-state index contributed by atoms with van der Waals surface area (Å²) in [5.41, 5.74) is -1.02. The van der Waals surface area contributed by atoms with E-state index < -0.39 is 17.2 Å². The normalized spacial score (nSPS) is 16.8. The number of hydrogen-bond acceptors (Lipinski definition) is 3. The zero-order chi connectivity index (χ0) is 13.9. The average molecular weight is 294 g/mol. The summed E-state index contributed by atoms with van der Waals surface area (Å²) in [6.45, 7) is 0.606. The lowest BCUT2D eigenvalue weighted by Gasteiger charge is -2.12. The molecule has 0 saturated heterocycles. The zero-order valence-electron chi connectivity index (χ0n) is 10.3. The van der Waals surface area contributed by atoms with Crippen molar-refractivity contribution in [1.29, 1.82) is 0 Å². The Morgan fingerprint density at radius 3 is 2.58 bits per heavy atom. The first kappa shape index (κ1) is 14.4. The molecule has 1 N–H and O–H groups in total. The van der Waals surface area contributed by atoms with Gasteiger partial charge < -0.3 is 5.32 Å². The molecule has 7 heteroatoms. The summed E-state index contributed by atoms with van der Waals surface area (Å²) in [5, 5.41) is 2.50. The maximum absolute atomic E-state index is 12.5. The van der Waals surface area contributed by atoms with Gasteiger partial charge in [0.2, 0.25) is 5.28 Å². The van der Waals surface area contributed by atoms with Crippen LogP contribution in [0.1, 0.15) is 37.8 Å². The maximum atomic E-state index is 12.5. The summed E-state index contributed by atoms with van der Waals surface area (Å²) in [5.74, 6) is 0.803. The number of alkyl halides is 3. The van der Waals surface area contributed by atoms with Gasteiger partial charge in [-0.05, 0) is 23.9 Å². The van der Waals surface area contributed by atoms with Crippen LogP contribution >= 0.6 is 11.6 Å². The number of nitrogens with one attached hydrogen (secondary N) is 1. The molecule has 1 aromatic heterocycles. The van der Waals surface area contributed by atoms with E-state index >= 15 is 0 Å². The van der Waals surface area contributed by atoms with Crippen LogP contribution in [0, 0.1) is 5.92 Å². The van der Waals surface area contributed by atoms with E-state index in [0.29, 0.717) is 12.5 Å². The Labute approximate surface area is 114 Å². The van der Waals surface area contributed by atoms with Crippen molar-refractivity contribution in [1.82, 2.24) is 9.97 Å². The van der Waals surface area contributed by atoms with Crippen molar-refractivity contribution in [2.24, 2.45) is 5.92 Å². The van der Waals surface area contributed by atoms with Gasteiger partial charge in [-0.3, -0.25) is 0 Å². The zero-order valence-corrected chi connectivity index (χ0v) is 11.1. The molecule has 0 unspecified atom stereocenters. The summed E-state index contributed by atoms with van der Waals surface area (Å²) < 4.78 is 37.6. The smallest absolute Gasteiger partial charge is 0.370 e. The predicted molar refractivity (Wildman–Crippen MR) is 67.1 cm³/mol. The Bertz CT molecular complexity index is 431. The van der Waals surface area contributed by atoms with Gasteiger partial charge in [-0.15, -0.1) is 0 Å². The summed E-state index contributed by atoms with van der Waals surface area (Å²) >= 11 is 5.50. The fourth-order valence-corrected chi connectivity index (χ4v) is 2.54. The monoisotopic (exact) mass is 293 g/mol. The molecule has 0 aromatic carbocycles. The first-order chi connectivity index (χ1) is 8.95. The van der Waals surface area contributed by atoms with Crippen molar-refractivity contribution < 1.29 is 13.2 Å². The molecule has 19 heavy (non-hydrogen) atoms.